The summed E-state index contributed by atoms with van der Waals surface area (Å²) in [5.74, 6) is 1.11. The number of anilines is 1. The van der Waals surface area contributed by atoms with Crippen LogP contribution in [0, 0.1) is 0 Å². The van der Waals surface area contributed by atoms with Crippen molar-refractivity contribution in [2.45, 2.75) is 76.7 Å². The number of likely N-dealkylation sites (tertiary alicyclic amines) is 2. The van der Waals surface area contributed by atoms with E-state index in [9.17, 15) is 19.5 Å². The van der Waals surface area contributed by atoms with Gasteiger partial charge in [-0.05, 0) is 86.1 Å². The van der Waals surface area contributed by atoms with Gasteiger partial charge in [0, 0.05) is 93.1 Å². The second kappa shape index (κ2) is 18.3. The average molecular weight is 801 g/mol. The van der Waals surface area contributed by atoms with Gasteiger partial charge in [-0.25, -0.2) is 4.79 Å². The Kier molecular flexibility index (Phi) is 13.0. The molecule has 3 fully saturated rings. The molecule has 1 atom stereocenters. The van der Waals surface area contributed by atoms with E-state index < -0.39 is 12.3 Å². The summed E-state index contributed by atoms with van der Waals surface area (Å²) in [4.78, 5) is 49.5. The number of hydrogen-bond acceptors (Lipinski definition) is 10. The smallest absolute Gasteiger partial charge is 0.328 e. The number of hydrogen-bond donors (Lipinski definition) is 2. The SMILES string of the molecule is CCCCN1C=C(c2cc(OC)c(CCN3CCC(OC4CCN(C(=O)c5ccc(Cl)c(N6CCC(=O)NC6=O)c5)CC4)CC3)c(OC)c2)c2ccncc2C1O. The Hall–Kier alpha value is -4.69. The number of carbonyl (C=O) groups excluding carboxylic acids is 3. The fourth-order valence-corrected chi connectivity index (χ4v) is 8.54. The minimum absolute atomic E-state index is 0.0949. The van der Waals surface area contributed by atoms with Gasteiger partial charge >= 0.3 is 6.03 Å². The van der Waals surface area contributed by atoms with E-state index in [0.29, 0.717) is 29.4 Å². The van der Waals surface area contributed by atoms with Gasteiger partial charge in [0.2, 0.25) is 5.91 Å². The van der Waals surface area contributed by atoms with Crippen LogP contribution in [0.2, 0.25) is 5.02 Å². The first kappa shape index (κ1) is 40.5. The lowest BCUT2D eigenvalue weighted by molar-refractivity contribution is -0.120. The van der Waals surface area contributed by atoms with Gasteiger partial charge in [0.05, 0.1) is 37.1 Å². The van der Waals surface area contributed by atoms with E-state index in [0.717, 1.165) is 110 Å². The number of imide groups is 1. The monoisotopic (exact) mass is 800 g/mol. The van der Waals surface area contributed by atoms with Crippen molar-refractivity contribution in [2.24, 2.45) is 0 Å². The molecule has 304 valence electrons. The molecule has 0 spiro atoms. The van der Waals surface area contributed by atoms with Gasteiger partial charge in [0.15, 0.2) is 6.23 Å². The molecule has 14 heteroatoms. The maximum atomic E-state index is 13.5. The highest BCUT2D eigenvalue weighted by Gasteiger charge is 2.31. The number of unbranched alkanes of at least 4 members (excludes halogenated alkanes) is 1. The number of methoxy groups -OCH3 is 2. The molecule has 4 aliphatic rings. The van der Waals surface area contributed by atoms with Crippen molar-refractivity contribution in [2.75, 3.05) is 64.9 Å². The van der Waals surface area contributed by atoms with Gasteiger partial charge in [-0.15, -0.1) is 0 Å². The summed E-state index contributed by atoms with van der Waals surface area (Å²) < 4.78 is 18.5. The third kappa shape index (κ3) is 9.07. The number of aliphatic hydroxyl groups is 1. The second-order valence-corrected chi connectivity index (χ2v) is 15.6. The van der Waals surface area contributed by atoms with Gasteiger partial charge in [0.25, 0.3) is 5.91 Å². The molecule has 7 rings (SSSR count). The summed E-state index contributed by atoms with van der Waals surface area (Å²) in [6.07, 6.45) is 11.4. The zero-order valence-electron chi connectivity index (χ0n) is 33.0. The summed E-state index contributed by atoms with van der Waals surface area (Å²) in [6, 6.07) is 10.5. The molecule has 13 nitrogen and oxygen atoms in total. The van der Waals surface area contributed by atoms with Crippen LogP contribution in [0.4, 0.5) is 10.5 Å². The minimum atomic E-state index is -0.741. The first-order chi connectivity index (χ1) is 27.7. The maximum Gasteiger partial charge on any atom is 0.328 e. The summed E-state index contributed by atoms with van der Waals surface area (Å²) in [5.41, 5.74) is 5.60. The number of fused-ring (bicyclic) bond motifs is 1. The number of halogens is 1. The van der Waals surface area contributed by atoms with Crippen molar-refractivity contribution in [1.82, 2.24) is 25.0 Å². The number of rotatable bonds is 13. The van der Waals surface area contributed by atoms with Crippen LogP contribution in [0.5, 0.6) is 11.5 Å². The fourth-order valence-electron chi connectivity index (χ4n) is 8.32. The fraction of sp³-hybridized carbons (Fsp3) is 0.488. The van der Waals surface area contributed by atoms with Crippen LogP contribution in [-0.2, 0) is 16.0 Å². The number of urea groups is 1. The predicted molar refractivity (Wildman–Crippen MR) is 218 cm³/mol. The molecule has 3 aromatic rings. The van der Waals surface area contributed by atoms with Crippen molar-refractivity contribution in [3.8, 4) is 11.5 Å². The number of amides is 4. The highest BCUT2D eigenvalue weighted by Crippen LogP contribution is 2.41. The standard InChI is InChI=1S/C43H53ClN6O7/c1-4-5-16-49-27-35(32-8-15-45-26-34(32)42(49)53)29-24-38(55-2)33(39(25-29)56-3)13-19-47-17-9-30(10-18-47)57-31-11-20-48(21-12-31)41(52)28-6-7-36(44)37(23-28)50-22-14-40(51)46-43(50)54/h6-8,15,23-27,30-31,42,53H,4-5,9-14,16-22H2,1-3H3,(H,46,51,54). The van der Waals surface area contributed by atoms with Gasteiger partial charge < -0.3 is 34.0 Å². The van der Waals surface area contributed by atoms with E-state index in [-0.39, 0.29) is 37.0 Å². The molecule has 0 radical (unpaired) electrons. The topological polar surface area (TPSA) is 137 Å². The normalized spacial score (nSPS) is 19.6. The van der Waals surface area contributed by atoms with Crippen LogP contribution < -0.4 is 19.7 Å². The van der Waals surface area contributed by atoms with E-state index in [1.54, 1.807) is 44.8 Å². The Morgan fingerprint density at radius 3 is 2.32 bits per heavy atom. The van der Waals surface area contributed by atoms with Crippen molar-refractivity contribution >= 4 is 40.7 Å². The lowest BCUT2D eigenvalue weighted by Gasteiger charge is -2.37. The molecule has 0 bridgehead atoms. The molecule has 4 amide bonds. The van der Waals surface area contributed by atoms with Gasteiger partial charge in [-0.2, -0.15) is 0 Å². The largest absolute Gasteiger partial charge is 0.496 e. The summed E-state index contributed by atoms with van der Waals surface area (Å²) in [6.45, 7) is 6.99. The molecule has 2 N–H and O–H groups in total. The van der Waals surface area contributed by atoms with Crippen LogP contribution >= 0.6 is 11.6 Å². The Balaban J connectivity index is 0.910. The van der Waals surface area contributed by atoms with Crippen LogP contribution in [0.1, 0.15) is 90.7 Å². The number of carbonyl (C=O) groups is 3. The number of ether oxygens (including phenoxy) is 3. The molecular formula is C43H53ClN6O7. The quantitative estimate of drug-likeness (QED) is 0.211. The number of nitrogens with one attached hydrogen (secondary N) is 1. The Morgan fingerprint density at radius 1 is 0.947 bits per heavy atom. The van der Waals surface area contributed by atoms with Crippen LogP contribution in [-0.4, -0.2) is 115 Å². The number of pyridine rings is 1. The molecular weight excluding hydrogens is 748 g/mol. The maximum absolute atomic E-state index is 13.5. The van der Waals surface area contributed by atoms with Crippen molar-refractivity contribution in [1.29, 1.82) is 0 Å². The highest BCUT2D eigenvalue weighted by atomic mass is 35.5. The van der Waals surface area contributed by atoms with Crippen molar-refractivity contribution in [3.63, 3.8) is 0 Å². The van der Waals surface area contributed by atoms with E-state index >= 15 is 0 Å². The van der Waals surface area contributed by atoms with E-state index in [4.69, 9.17) is 25.8 Å². The first-order valence-corrected chi connectivity index (χ1v) is 20.5. The molecule has 5 heterocycles. The lowest BCUT2D eigenvalue weighted by Crippen LogP contribution is -2.49. The predicted octanol–water partition coefficient (Wildman–Crippen LogP) is 6.02. The Bertz CT molecular complexity index is 1950. The van der Waals surface area contributed by atoms with Crippen LogP contribution in [0.3, 0.4) is 0 Å². The average Bonchev–Trinajstić information content (AvgIpc) is 3.23. The van der Waals surface area contributed by atoms with Crippen molar-refractivity contribution < 1.29 is 33.7 Å². The zero-order valence-corrected chi connectivity index (χ0v) is 33.8. The first-order valence-electron chi connectivity index (χ1n) is 20.1. The lowest BCUT2D eigenvalue weighted by atomic mass is 9.90. The van der Waals surface area contributed by atoms with Crippen molar-refractivity contribution in [3.05, 3.63) is 87.8 Å². The molecule has 0 saturated carbocycles. The third-order valence-electron chi connectivity index (χ3n) is 11.6. The summed E-state index contributed by atoms with van der Waals surface area (Å²) in [7, 11) is 3.40. The van der Waals surface area contributed by atoms with Gasteiger partial charge in [0.1, 0.15) is 11.5 Å². The molecule has 57 heavy (non-hydrogen) atoms. The number of piperidine rings is 2. The molecule has 1 unspecified atom stereocenters. The van der Waals surface area contributed by atoms with Crippen LogP contribution in [0.15, 0.2) is 55.0 Å². The summed E-state index contributed by atoms with van der Waals surface area (Å²) in [5, 5.41) is 13.8. The third-order valence-corrected chi connectivity index (χ3v) is 11.9. The second-order valence-electron chi connectivity index (χ2n) is 15.2. The van der Waals surface area contributed by atoms with E-state index in [1.807, 2.05) is 22.1 Å². The van der Waals surface area contributed by atoms with Crippen LogP contribution in [0.25, 0.3) is 5.57 Å². The molecule has 4 aliphatic heterocycles. The number of nitrogens with zero attached hydrogens (tertiary/aromatic N) is 5. The molecule has 0 aliphatic carbocycles. The minimum Gasteiger partial charge on any atom is -0.496 e. The Morgan fingerprint density at radius 2 is 1.65 bits per heavy atom. The summed E-state index contributed by atoms with van der Waals surface area (Å²) >= 11 is 6.40. The molecule has 2 aromatic carbocycles. The number of aromatic nitrogens is 1. The molecule has 3 saturated heterocycles. The van der Waals surface area contributed by atoms with E-state index in [1.165, 1.54) is 4.90 Å². The highest BCUT2D eigenvalue weighted by molar-refractivity contribution is 6.34. The van der Waals surface area contributed by atoms with Gasteiger partial charge in [-0.1, -0.05) is 24.9 Å². The van der Waals surface area contributed by atoms with E-state index in [2.05, 4.69) is 34.3 Å². The Labute approximate surface area is 339 Å². The number of benzene rings is 2. The van der Waals surface area contributed by atoms with Gasteiger partial charge in [-0.3, -0.25) is 24.8 Å². The zero-order chi connectivity index (χ0) is 40.1. The number of aliphatic hydroxyl groups excluding tert-OH is 1. The molecule has 1 aromatic heterocycles.